The van der Waals surface area contributed by atoms with Gasteiger partial charge in [-0.25, -0.2) is 0 Å². The van der Waals surface area contributed by atoms with Crippen molar-refractivity contribution in [2.45, 2.75) is 45.7 Å². The van der Waals surface area contributed by atoms with Crippen molar-refractivity contribution in [3.05, 3.63) is 28.8 Å². The van der Waals surface area contributed by atoms with Crippen molar-refractivity contribution in [3.8, 4) is 5.75 Å². The topological polar surface area (TPSA) is 47.3 Å². The molecular weight excluding hydrogens is 224 g/mol. The van der Waals surface area contributed by atoms with E-state index in [0.717, 1.165) is 12.2 Å². The molecule has 0 spiro atoms. The molecule has 1 atom stereocenters. The van der Waals surface area contributed by atoms with Crippen molar-refractivity contribution in [2.24, 2.45) is 5.73 Å². The minimum Gasteiger partial charge on any atom is -0.496 e. The van der Waals surface area contributed by atoms with Gasteiger partial charge in [-0.2, -0.15) is 0 Å². The summed E-state index contributed by atoms with van der Waals surface area (Å²) >= 11 is 0. The Morgan fingerprint density at radius 1 is 1.33 bits per heavy atom. The fourth-order valence-electron chi connectivity index (χ4n) is 2.43. The van der Waals surface area contributed by atoms with Gasteiger partial charge in [-0.1, -0.05) is 6.07 Å². The zero-order valence-electron chi connectivity index (χ0n) is 12.4. The molecule has 3 heteroatoms. The van der Waals surface area contributed by atoms with Gasteiger partial charge in [-0.3, -0.25) is 0 Å². The van der Waals surface area contributed by atoms with Gasteiger partial charge < -0.3 is 15.8 Å². The highest BCUT2D eigenvalue weighted by Crippen LogP contribution is 2.33. The Hall–Kier alpha value is -1.06. The lowest BCUT2D eigenvalue weighted by Gasteiger charge is -2.28. The molecule has 102 valence electrons. The number of aryl methyl sites for hydroxylation is 2. The molecule has 0 saturated carbocycles. The Morgan fingerprint density at radius 2 is 1.94 bits per heavy atom. The summed E-state index contributed by atoms with van der Waals surface area (Å²) in [6.45, 7) is 8.31. The van der Waals surface area contributed by atoms with Gasteiger partial charge >= 0.3 is 0 Å². The highest BCUT2D eigenvalue weighted by Gasteiger charge is 2.23. The average Bonchev–Trinajstić information content (AvgIpc) is 2.24. The van der Waals surface area contributed by atoms with Crippen LogP contribution in [0.1, 0.15) is 43.0 Å². The molecule has 0 aliphatic carbocycles. The molecule has 0 aliphatic heterocycles. The van der Waals surface area contributed by atoms with E-state index >= 15 is 0 Å². The van der Waals surface area contributed by atoms with Crippen LogP contribution in [0.2, 0.25) is 0 Å². The molecule has 1 rings (SSSR count). The van der Waals surface area contributed by atoms with Crippen LogP contribution in [0.5, 0.6) is 5.75 Å². The van der Waals surface area contributed by atoms with Gasteiger partial charge in [0.15, 0.2) is 0 Å². The standard InChI is InChI=1S/C15H26N2O/c1-10-7-11(2)14(13(8-10)18-6)12(17-5)9-15(3,4)16/h7-8,12,17H,9,16H2,1-6H3. The number of ether oxygens (including phenoxy) is 1. The zero-order chi connectivity index (χ0) is 13.9. The average molecular weight is 250 g/mol. The third-order valence-corrected chi connectivity index (χ3v) is 3.14. The van der Waals surface area contributed by atoms with Crippen LogP contribution in [0.3, 0.4) is 0 Å². The first-order valence-corrected chi connectivity index (χ1v) is 6.39. The Bertz CT molecular complexity index is 408. The quantitative estimate of drug-likeness (QED) is 0.844. The molecule has 0 heterocycles. The minimum atomic E-state index is -0.212. The Labute approximate surface area is 111 Å². The van der Waals surface area contributed by atoms with Crippen LogP contribution in [-0.4, -0.2) is 19.7 Å². The monoisotopic (exact) mass is 250 g/mol. The summed E-state index contributed by atoms with van der Waals surface area (Å²) in [5.74, 6) is 0.941. The highest BCUT2D eigenvalue weighted by molar-refractivity contribution is 5.45. The largest absolute Gasteiger partial charge is 0.496 e. The number of benzene rings is 1. The van der Waals surface area contributed by atoms with Crippen molar-refractivity contribution in [2.75, 3.05) is 14.2 Å². The van der Waals surface area contributed by atoms with Crippen LogP contribution in [0.25, 0.3) is 0 Å². The Morgan fingerprint density at radius 3 is 2.39 bits per heavy atom. The van der Waals surface area contributed by atoms with E-state index in [9.17, 15) is 0 Å². The lowest BCUT2D eigenvalue weighted by Crippen LogP contribution is -2.37. The van der Waals surface area contributed by atoms with Crippen LogP contribution in [0.4, 0.5) is 0 Å². The molecule has 3 nitrogen and oxygen atoms in total. The maximum atomic E-state index is 6.14. The van der Waals surface area contributed by atoms with Crippen molar-refractivity contribution in [3.63, 3.8) is 0 Å². The summed E-state index contributed by atoms with van der Waals surface area (Å²) in [4.78, 5) is 0. The molecule has 0 bridgehead atoms. The number of methoxy groups -OCH3 is 1. The number of nitrogens with two attached hydrogens (primary N) is 1. The number of rotatable bonds is 5. The van der Waals surface area contributed by atoms with Crippen molar-refractivity contribution >= 4 is 0 Å². The molecule has 0 radical (unpaired) electrons. The van der Waals surface area contributed by atoms with Crippen LogP contribution >= 0.6 is 0 Å². The van der Waals surface area contributed by atoms with Gasteiger partial charge in [0, 0.05) is 17.1 Å². The first kappa shape index (κ1) is 15.0. The van der Waals surface area contributed by atoms with E-state index in [0.29, 0.717) is 0 Å². The van der Waals surface area contributed by atoms with E-state index in [1.165, 1.54) is 16.7 Å². The van der Waals surface area contributed by atoms with E-state index in [4.69, 9.17) is 10.5 Å². The molecule has 0 saturated heterocycles. The summed E-state index contributed by atoms with van der Waals surface area (Å²) in [7, 11) is 3.69. The van der Waals surface area contributed by atoms with E-state index in [-0.39, 0.29) is 11.6 Å². The van der Waals surface area contributed by atoms with Crippen LogP contribution in [-0.2, 0) is 0 Å². The smallest absolute Gasteiger partial charge is 0.124 e. The predicted molar refractivity (Wildman–Crippen MR) is 77.2 cm³/mol. The molecule has 1 unspecified atom stereocenters. The number of hydrogen-bond donors (Lipinski definition) is 2. The second-order valence-corrected chi connectivity index (χ2v) is 5.73. The maximum absolute atomic E-state index is 6.14. The molecule has 3 N–H and O–H groups in total. The number of hydrogen-bond acceptors (Lipinski definition) is 3. The molecular formula is C15H26N2O. The molecule has 18 heavy (non-hydrogen) atoms. The van der Waals surface area contributed by atoms with Gasteiger partial charge in [0.1, 0.15) is 5.75 Å². The van der Waals surface area contributed by atoms with E-state index in [2.05, 4.69) is 31.3 Å². The van der Waals surface area contributed by atoms with Gasteiger partial charge in [0.05, 0.1) is 7.11 Å². The lowest BCUT2D eigenvalue weighted by molar-refractivity contribution is 0.368. The lowest BCUT2D eigenvalue weighted by atomic mass is 9.89. The normalized spacial score (nSPS) is 13.5. The summed E-state index contributed by atoms with van der Waals surface area (Å²) in [6, 6.07) is 4.47. The first-order chi connectivity index (χ1) is 8.28. The zero-order valence-corrected chi connectivity index (χ0v) is 12.4. The van der Waals surface area contributed by atoms with E-state index < -0.39 is 0 Å². The molecule has 0 aliphatic rings. The van der Waals surface area contributed by atoms with Gasteiger partial charge in [-0.05, 0) is 58.4 Å². The minimum absolute atomic E-state index is 0.209. The first-order valence-electron chi connectivity index (χ1n) is 6.39. The van der Waals surface area contributed by atoms with Crippen molar-refractivity contribution < 1.29 is 4.74 Å². The predicted octanol–water partition coefficient (Wildman–Crippen LogP) is 2.70. The van der Waals surface area contributed by atoms with Gasteiger partial charge in [0.2, 0.25) is 0 Å². The summed E-state index contributed by atoms with van der Waals surface area (Å²) in [6.07, 6.45) is 0.865. The molecule has 0 fully saturated rings. The van der Waals surface area contributed by atoms with E-state index in [1.54, 1.807) is 7.11 Å². The summed E-state index contributed by atoms with van der Waals surface area (Å²) < 4.78 is 5.52. The van der Waals surface area contributed by atoms with Gasteiger partial charge in [-0.15, -0.1) is 0 Å². The maximum Gasteiger partial charge on any atom is 0.124 e. The second-order valence-electron chi connectivity index (χ2n) is 5.73. The van der Waals surface area contributed by atoms with E-state index in [1.807, 2.05) is 20.9 Å². The molecule has 1 aromatic carbocycles. The third kappa shape index (κ3) is 3.72. The highest BCUT2D eigenvalue weighted by atomic mass is 16.5. The van der Waals surface area contributed by atoms with Gasteiger partial charge in [0.25, 0.3) is 0 Å². The molecule has 0 aromatic heterocycles. The SMILES string of the molecule is CNC(CC(C)(C)N)c1c(C)cc(C)cc1OC. The Balaban J connectivity index is 3.20. The van der Waals surface area contributed by atoms with Crippen molar-refractivity contribution in [1.29, 1.82) is 0 Å². The summed E-state index contributed by atoms with van der Waals surface area (Å²) in [5, 5.41) is 3.35. The Kier molecular flexibility index (Phi) is 4.77. The van der Waals surface area contributed by atoms with Crippen molar-refractivity contribution in [1.82, 2.24) is 5.32 Å². The third-order valence-electron chi connectivity index (χ3n) is 3.14. The second kappa shape index (κ2) is 5.72. The molecule has 1 aromatic rings. The fraction of sp³-hybridized carbons (Fsp3) is 0.600. The summed E-state index contributed by atoms with van der Waals surface area (Å²) in [5.41, 5.74) is 9.60. The fourth-order valence-corrected chi connectivity index (χ4v) is 2.43. The van der Waals surface area contributed by atoms with Crippen LogP contribution in [0, 0.1) is 13.8 Å². The van der Waals surface area contributed by atoms with Crippen LogP contribution in [0.15, 0.2) is 12.1 Å². The van der Waals surface area contributed by atoms with Crippen LogP contribution < -0.4 is 15.8 Å². The molecule has 0 amide bonds. The number of nitrogens with one attached hydrogen (secondary N) is 1.